The summed E-state index contributed by atoms with van der Waals surface area (Å²) in [6, 6.07) is 21.3. The number of rotatable bonds is 5. The summed E-state index contributed by atoms with van der Waals surface area (Å²) in [4.78, 5) is 16.8. The van der Waals surface area contributed by atoms with E-state index in [1.54, 1.807) is 18.3 Å². The number of aromatic nitrogens is 1. The molecule has 4 heteroatoms. The highest BCUT2D eigenvalue weighted by Crippen LogP contribution is 2.19. The molecule has 0 aliphatic heterocycles. The van der Waals surface area contributed by atoms with E-state index in [9.17, 15) is 4.79 Å². The lowest BCUT2D eigenvalue weighted by molar-refractivity contribution is 0.0951. The Kier molecular flexibility index (Phi) is 4.87. The van der Waals surface area contributed by atoms with E-state index in [0.717, 1.165) is 11.3 Å². The van der Waals surface area contributed by atoms with E-state index < -0.39 is 0 Å². The van der Waals surface area contributed by atoms with Crippen LogP contribution in [0.2, 0.25) is 0 Å². The molecule has 3 aromatic rings. The summed E-state index contributed by atoms with van der Waals surface area (Å²) in [5.41, 5.74) is 3.66. The Morgan fingerprint density at radius 1 is 0.958 bits per heavy atom. The van der Waals surface area contributed by atoms with Gasteiger partial charge in [0.1, 0.15) is 5.82 Å². The predicted molar refractivity (Wildman–Crippen MR) is 96.3 cm³/mol. The van der Waals surface area contributed by atoms with Crippen molar-refractivity contribution in [3.63, 3.8) is 0 Å². The molecule has 120 valence electrons. The van der Waals surface area contributed by atoms with Gasteiger partial charge >= 0.3 is 0 Å². The van der Waals surface area contributed by atoms with Gasteiger partial charge < -0.3 is 10.6 Å². The van der Waals surface area contributed by atoms with Gasteiger partial charge in [0.05, 0.1) is 5.56 Å². The van der Waals surface area contributed by atoms with Gasteiger partial charge in [-0.1, -0.05) is 48.0 Å². The van der Waals surface area contributed by atoms with Crippen LogP contribution in [0.4, 0.5) is 11.5 Å². The highest BCUT2D eigenvalue weighted by atomic mass is 16.1. The maximum atomic E-state index is 12.5. The Morgan fingerprint density at radius 3 is 2.46 bits per heavy atom. The molecule has 0 aliphatic rings. The molecule has 2 aromatic carbocycles. The van der Waals surface area contributed by atoms with Crippen molar-refractivity contribution >= 4 is 17.4 Å². The van der Waals surface area contributed by atoms with Gasteiger partial charge in [-0.3, -0.25) is 4.79 Å². The van der Waals surface area contributed by atoms with Crippen molar-refractivity contribution in [2.24, 2.45) is 0 Å². The number of anilines is 2. The van der Waals surface area contributed by atoms with Crippen LogP contribution in [0.15, 0.2) is 72.9 Å². The number of amides is 1. The molecule has 24 heavy (non-hydrogen) atoms. The van der Waals surface area contributed by atoms with E-state index in [-0.39, 0.29) is 5.91 Å². The van der Waals surface area contributed by atoms with E-state index in [1.165, 1.54) is 5.56 Å². The third-order valence-electron chi connectivity index (χ3n) is 3.66. The third-order valence-corrected chi connectivity index (χ3v) is 3.66. The molecule has 0 unspecified atom stereocenters. The summed E-state index contributed by atoms with van der Waals surface area (Å²) >= 11 is 0. The van der Waals surface area contributed by atoms with E-state index in [2.05, 4.69) is 15.6 Å². The van der Waals surface area contributed by atoms with Crippen LogP contribution in [0.1, 0.15) is 21.5 Å². The first-order valence-corrected chi connectivity index (χ1v) is 7.83. The number of hydrogen-bond acceptors (Lipinski definition) is 3. The fourth-order valence-corrected chi connectivity index (χ4v) is 2.34. The number of carbonyl (C=O) groups is 1. The third kappa shape index (κ3) is 3.98. The fourth-order valence-electron chi connectivity index (χ4n) is 2.34. The van der Waals surface area contributed by atoms with Gasteiger partial charge in [0.25, 0.3) is 5.91 Å². The van der Waals surface area contributed by atoms with Crippen LogP contribution in [-0.2, 0) is 6.54 Å². The van der Waals surface area contributed by atoms with E-state index in [4.69, 9.17) is 0 Å². The second kappa shape index (κ2) is 7.42. The summed E-state index contributed by atoms with van der Waals surface area (Å²) in [6.45, 7) is 2.52. The molecule has 0 spiro atoms. The van der Waals surface area contributed by atoms with Gasteiger partial charge in [0.15, 0.2) is 0 Å². The molecule has 1 amide bonds. The van der Waals surface area contributed by atoms with Crippen molar-refractivity contribution in [3.8, 4) is 0 Å². The molecule has 0 radical (unpaired) electrons. The van der Waals surface area contributed by atoms with Crippen LogP contribution in [0.3, 0.4) is 0 Å². The van der Waals surface area contributed by atoms with Crippen LogP contribution in [-0.4, -0.2) is 10.9 Å². The van der Waals surface area contributed by atoms with E-state index >= 15 is 0 Å². The Balaban J connectivity index is 1.73. The van der Waals surface area contributed by atoms with E-state index in [1.807, 2.05) is 61.5 Å². The van der Waals surface area contributed by atoms with Crippen molar-refractivity contribution < 1.29 is 4.79 Å². The van der Waals surface area contributed by atoms with Gasteiger partial charge in [-0.15, -0.1) is 0 Å². The molecule has 4 nitrogen and oxygen atoms in total. The number of carbonyl (C=O) groups excluding carboxylic acids is 1. The number of benzene rings is 2. The second-order valence-electron chi connectivity index (χ2n) is 5.56. The molecule has 0 atom stereocenters. The average molecular weight is 317 g/mol. The van der Waals surface area contributed by atoms with Crippen LogP contribution in [0.5, 0.6) is 0 Å². The van der Waals surface area contributed by atoms with Gasteiger partial charge in [0, 0.05) is 18.4 Å². The molecule has 2 N–H and O–H groups in total. The van der Waals surface area contributed by atoms with Crippen LogP contribution in [0, 0.1) is 6.92 Å². The fraction of sp³-hybridized carbons (Fsp3) is 0.100. The highest BCUT2D eigenvalue weighted by molar-refractivity contribution is 5.99. The minimum atomic E-state index is -0.151. The first kappa shape index (κ1) is 15.7. The molecule has 1 aromatic heterocycles. The summed E-state index contributed by atoms with van der Waals surface area (Å²) in [7, 11) is 0. The number of nitrogens with zero attached hydrogens (tertiary/aromatic N) is 1. The second-order valence-corrected chi connectivity index (χ2v) is 5.56. The first-order chi connectivity index (χ1) is 11.7. The van der Waals surface area contributed by atoms with Gasteiger partial charge in [0.2, 0.25) is 0 Å². The van der Waals surface area contributed by atoms with Gasteiger partial charge in [-0.25, -0.2) is 4.98 Å². The number of nitrogens with one attached hydrogen (secondary N) is 2. The molecule has 0 fully saturated rings. The molecular weight excluding hydrogens is 298 g/mol. The lowest BCUT2D eigenvalue weighted by Crippen LogP contribution is -2.24. The molecule has 0 saturated carbocycles. The number of hydrogen-bond donors (Lipinski definition) is 2. The Hall–Kier alpha value is -3.14. The number of pyridine rings is 1. The molecular formula is C20H19N3O. The SMILES string of the molecule is Cc1ccc(Nc2ncccc2C(=O)NCc2ccccc2)cc1. The number of aryl methyl sites for hydroxylation is 1. The first-order valence-electron chi connectivity index (χ1n) is 7.83. The topological polar surface area (TPSA) is 54.0 Å². The predicted octanol–water partition coefficient (Wildman–Crippen LogP) is 4.06. The quantitative estimate of drug-likeness (QED) is 0.746. The van der Waals surface area contributed by atoms with E-state index in [0.29, 0.717) is 17.9 Å². The van der Waals surface area contributed by atoms with Gasteiger partial charge in [-0.2, -0.15) is 0 Å². The molecule has 1 heterocycles. The lowest BCUT2D eigenvalue weighted by Gasteiger charge is -2.11. The lowest BCUT2D eigenvalue weighted by atomic mass is 10.2. The minimum absolute atomic E-state index is 0.151. The average Bonchev–Trinajstić information content (AvgIpc) is 2.63. The van der Waals surface area contributed by atoms with Crippen molar-refractivity contribution in [1.82, 2.24) is 10.3 Å². The normalized spacial score (nSPS) is 10.2. The Morgan fingerprint density at radius 2 is 1.71 bits per heavy atom. The summed E-state index contributed by atoms with van der Waals surface area (Å²) in [5.74, 6) is 0.397. The zero-order valence-corrected chi connectivity index (χ0v) is 13.5. The van der Waals surface area contributed by atoms with Crippen molar-refractivity contribution in [2.45, 2.75) is 13.5 Å². The Bertz CT molecular complexity index is 814. The molecule has 0 saturated heterocycles. The van der Waals surface area contributed by atoms with Crippen molar-refractivity contribution in [2.75, 3.05) is 5.32 Å². The smallest absolute Gasteiger partial charge is 0.255 e. The molecule has 3 rings (SSSR count). The summed E-state index contributed by atoms with van der Waals surface area (Å²) in [6.07, 6.45) is 1.67. The standard InChI is InChI=1S/C20H19N3O/c1-15-9-11-17(12-10-15)23-19-18(8-5-13-21-19)20(24)22-14-16-6-3-2-4-7-16/h2-13H,14H2,1H3,(H,21,23)(H,22,24). The minimum Gasteiger partial charge on any atom is -0.348 e. The summed E-state index contributed by atoms with van der Waals surface area (Å²) in [5, 5.41) is 6.14. The largest absolute Gasteiger partial charge is 0.348 e. The molecule has 0 aliphatic carbocycles. The zero-order chi connectivity index (χ0) is 16.8. The monoisotopic (exact) mass is 317 g/mol. The van der Waals surface area contributed by atoms with Crippen LogP contribution >= 0.6 is 0 Å². The molecule has 0 bridgehead atoms. The Labute approximate surface area is 141 Å². The van der Waals surface area contributed by atoms with Gasteiger partial charge in [-0.05, 0) is 36.8 Å². The highest BCUT2D eigenvalue weighted by Gasteiger charge is 2.12. The van der Waals surface area contributed by atoms with Crippen molar-refractivity contribution in [3.05, 3.63) is 89.6 Å². The van der Waals surface area contributed by atoms with Crippen LogP contribution in [0.25, 0.3) is 0 Å². The maximum Gasteiger partial charge on any atom is 0.255 e. The van der Waals surface area contributed by atoms with Crippen LogP contribution < -0.4 is 10.6 Å². The zero-order valence-electron chi connectivity index (χ0n) is 13.5. The maximum absolute atomic E-state index is 12.5. The summed E-state index contributed by atoms with van der Waals surface area (Å²) < 4.78 is 0. The van der Waals surface area contributed by atoms with Crippen molar-refractivity contribution in [1.29, 1.82) is 0 Å².